The van der Waals surface area contributed by atoms with Crippen LogP contribution in [-0.4, -0.2) is 46.9 Å². The molecule has 1 aliphatic carbocycles. The summed E-state index contributed by atoms with van der Waals surface area (Å²) in [5.74, 6) is -0.816. The number of hydrogen-bond donors (Lipinski definition) is 2. The van der Waals surface area contributed by atoms with E-state index < -0.39 is 17.5 Å². The minimum atomic E-state index is -1.05. The molecule has 2 atom stereocenters. The number of likely N-dealkylation sites (N-methyl/N-ethyl adjacent to an activating group) is 1. The second-order valence-electron chi connectivity index (χ2n) is 8.95. The van der Waals surface area contributed by atoms with Gasteiger partial charge in [-0.05, 0) is 62.8 Å². The lowest BCUT2D eigenvalue weighted by atomic mass is 9.87. The molecular formula is C25H30N4O3. The Morgan fingerprint density at radius 1 is 1.16 bits per heavy atom. The largest absolute Gasteiger partial charge is 0.344 e. The van der Waals surface area contributed by atoms with Crippen molar-refractivity contribution < 1.29 is 14.4 Å². The van der Waals surface area contributed by atoms with Gasteiger partial charge in [0.2, 0.25) is 0 Å². The summed E-state index contributed by atoms with van der Waals surface area (Å²) in [6.45, 7) is 1.80. The van der Waals surface area contributed by atoms with Crippen LogP contribution in [0.4, 0.5) is 4.79 Å². The average Bonchev–Trinajstić information content (AvgIpc) is 3.01. The fourth-order valence-electron chi connectivity index (χ4n) is 4.68. The van der Waals surface area contributed by atoms with Gasteiger partial charge in [-0.25, -0.2) is 4.79 Å². The number of benzene rings is 2. The van der Waals surface area contributed by atoms with Crippen LogP contribution in [-0.2, 0) is 22.4 Å². The van der Waals surface area contributed by atoms with Crippen molar-refractivity contribution in [3.63, 3.8) is 0 Å². The van der Waals surface area contributed by atoms with Crippen LogP contribution in [0.25, 0.3) is 0 Å². The van der Waals surface area contributed by atoms with Crippen LogP contribution in [0.5, 0.6) is 0 Å². The maximum Gasteiger partial charge on any atom is 0.344 e. The van der Waals surface area contributed by atoms with Gasteiger partial charge in [0.25, 0.3) is 11.8 Å². The molecule has 4 amide bonds. The zero-order valence-electron chi connectivity index (χ0n) is 18.6. The number of hydrogen-bond acceptors (Lipinski definition) is 4. The van der Waals surface area contributed by atoms with Gasteiger partial charge in [0.05, 0.1) is 6.54 Å². The van der Waals surface area contributed by atoms with Crippen molar-refractivity contribution in [2.45, 2.75) is 50.6 Å². The molecule has 32 heavy (non-hydrogen) atoms. The van der Waals surface area contributed by atoms with Gasteiger partial charge in [0.1, 0.15) is 5.54 Å². The Morgan fingerprint density at radius 3 is 2.66 bits per heavy atom. The number of carbonyl (C=O) groups excluding carboxylic acids is 3. The predicted molar refractivity (Wildman–Crippen MR) is 121 cm³/mol. The molecular weight excluding hydrogens is 404 g/mol. The third-order valence-electron chi connectivity index (χ3n) is 6.52. The summed E-state index contributed by atoms with van der Waals surface area (Å²) < 4.78 is 0. The van der Waals surface area contributed by atoms with Crippen molar-refractivity contribution in [1.29, 1.82) is 0 Å². The number of hydrazine groups is 1. The number of carbonyl (C=O) groups is 3. The molecule has 7 nitrogen and oxygen atoms in total. The predicted octanol–water partition coefficient (Wildman–Crippen LogP) is 2.97. The first-order chi connectivity index (χ1) is 15.4. The van der Waals surface area contributed by atoms with Crippen LogP contribution in [0.2, 0.25) is 0 Å². The monoisotopic (exact) mass is 434 g/mol. The van der Waals surface area contributed by atoms with Crippen LogP contribution in [0.1, 0.15) is 48.9 Å². The number of imide groups is 1. The Bertz CT molecular complexity index is 1010. The second kappa shape index (κ2) is 9.12. The Labute approximate surface area is 188 Å². The molecule has 1 aliphatic heterocycles. The molecule has 0 radical (unpaired) electrons. The van der Waals surface area contributed by atoms with Gasteiger partial charge < -0.3 is 5.32 Å². The van der Waals surface area contributed by atoms with Crippen molar-refractivity contribution in [2.24, 2.45) is 0 Å². The zero-order chi connectivity index (χ0) is 22.7. The zero-order valence-corrected chi connectivity index (χ0v) is 18.6. The third-order valence-corrected chi connectivity index (χ3v) is 6.52. The van der Waals surface area contributed by atoms with E-state index in [-0.39, 0.29) is 18.5 Å². The van der Waals surface area contributed by atoms with Crippen LogP contribution >= 0.6 is 0 Å². The van der Waals surface area contributed by atoms with Crippen LogP contribution < -0.4 is 10.7 Å². The molecule has 7 heteroatoms. The van der Waals surface area contributed by atoms with E-state index in [4.69, 9.17) is 0 Å². The average molecular weight is 435 g/mol. The summed E-state index contributed by atoms with van der Waals surface area (Å²) in [5, 5.41) is 3.57. The minimum absolute atomic E-state index is 0.0940. The number of aryl methyl sites for hydroxylation is 2. The van der Waals surface area contributed by atoms with E-state index in [1.54, 1.807) is 6.92 Å². The highest BCUT2D eigenvalue weighted by molar-refractivity contribution is 6.07. The molecule has 168 valence electrons. The van der Waals surface area contributed by atoms with E-state index in [1.165, 1.54) is 11.1 Å². The van der Waals surface area contributed by atoms with Gasteiger partial charge in [-0.15, -0.1) is 0 Å². The van der Waals surface area contributed by atoms with Gasteiger partial charge in [-0.1, -0.05) is 54.6 Å². The van der Waals surface area contributed by atoms with E-state index in [1.807, 2.05) is 54.4 Å². The highest BCUT2D eigenvalue weighted by atomic mass is 16.2. The molecule has 0 unspecified atom stereocenters. The number of nitrogens with one attached hydrogen (secondary N) is 2. The molecule has 2 aromatic carbocycles. The van der Waals surface area contributed by atoms with Gasteiger partial charge in [-0.2, -0.15) is 5.01 Å². The molecule has 1 fully saturated rings. The smallest absolute Gasteiger partial charge is 0.322 e. The Kier molecular flexibility index (Phi) is 6.28. The van der Waals surface area contributed by atoms with E-state index in [0.717, 1.165) is 29.8 Å². The molecule has 0 saturated carbocycles. The quantitative estimate of drug-likeness (QED) is 0.657. The lowest BCUT2D eigenvalue weighted by molar-refractivity contribution is -0.139. The molecule has 1 saturated heterocycles. The molecule has 1 heterocycles. The highest BCUT2D eigenvalue weighted by Gasteiger charge is 2.48. The van der Waals surface area contributed by atoms with E-state index in [2.05, 4.69) is 22.9 Å². The van der Waals surface area contributed by atoms with Gasteiger partial charge >= 0.3 is 6.03 Å². The maximum absolute atomic E-state index is 13.0. The first-order valence-corrected chi connectivity index (χ1v) is 11.2. The molecule has 2 aliphatic rings. The summed E-state index contributed by atoms with van der Waals surface area (Å²) >= 11 is 0. The van der Waals surface area contributed by atoms with Crippen LogP contribution in [0, 0.1) is 0 Å². The summed E-state index contributed by atoms with van der Waals surface area (Å²) in [4.78, 5) is 40.1. The number of nitrogens with zero attached hydrogens (tertiary/aromatic N) is 2. The molecule has 0 spiro atoms. The number of urea groups is 1. The van der Waals surface area contributed by atoms with Crippen molar-refractivity contribution in [2.75, 3.05) is 13.6 Å². The van der Waals surface area contributed by atoms with E-state index in [0.29, 0.717) is 12.8 Å². The lowest BCUT2D eigenvalue weighted by Crippen LogP contribution is -2.51. The summed E-state index contributed by atoms with van der Waals surface area (Å²) in [6, 6.07) is 17.7. The number of amides is 4. The third kappa shape index (κ3) is 4.53. The molecule has 4 rings (SSSR count). The van der Waals surface area contributed by atoms with Crippen molar-refractivity contribution in [1.82, 2.24) is 20.7 Å². The Balaban J connectivity index is 1.36. The summed E-state index contributed by atoms with van der Waals surface area (Å²) in [7, 11) is 1.90. The highest BCUT2D eigenvalue weighted by Crippen LogP contribution is 2.33. The first-order valence-electron chi connectivity index (χ1n) is 11.2. The van der Waals surface area contributed by atoms with E-state index >= 15 is 0 Å². The number of rotatable bonds is 7. The van der Waals surface area contributed by atoms with Crippen molar-refractivity contribution in [3.8, 4) is 0 Å². The van der Waals surface area contributed by atoms with Gasteiger partial charge in [-0.3, -0.25) is 19.9 Å². The number of fused-ring (bicyclic) bond motifs is 1. The van der Waals surface area contributed by atoms with Crippen LogP contribution in [0.3, 0.4) is 0 Å². The second-order valence-corrected chi connectivity index (χ2v) is 8.95. The molecule has 2 aromatic rings. The van der Waals surface area contributed by atoms with Crippen LogP contribution in [0.15, 0.2) is 54.6 Å². The Hall–Kier alpha value is -3.19. The van der Waals surface area contributed by atoms with Gasteiger partial charge in [0.15, 0.2) is 0 Å². The minimum Gasteiger partial charge on any atom is -0.322 e. The summed E-state index contributed by atoms with van der Waals surface area (Å²) in [6.07, 6.45) is 4.19. The fraction of sp³-hybridized carbons (Fsp3) is 0.400. The summed E-state index contributed by atoms with van der Waals surface area (Å²) in [5.41, 5.74) is 5.13. The van der Waals surface area contributed by atoms with Crippen molar-refractivity contribution in [3.05, 3.63) is 71.3 Å². The maximum atomic E-state index is 13.0. The Morgan fingerprint density at radius 2 is 1.88 bits per heavy atom. The SMILES string of the molecule is CN(CC(=O)NN1C(=O)N[C@@](C)(CCc2ccccc2)C1=O)[C@H]1CCCc2ccccc21. The van der Waals surface area contributed by atoms with Crippen molar-refractivity contribution >= 4 is 17.8 Å². The topological polar surface area (TPSA) is 81.8 Å². The van der Waals surface area contributed by atoms with E-state index in [9.17, 15) is 14.4 Å². The molecule has 2 N–H and O–H groups in total. The molecule has 0 bridgehead atoms. The standard InChI is InChI=1S/C25H30N4O3/c1-25(16-15-18-9-4-3-5-10-18)23(31)29(24(32)26-25)27-22(30)17-28(2)21-14-8-12-19-11-6-7-13-20(19)21/h3-7,9-11,13,21H,8,12,14-17H2,1-2H3,(H,26,32)(H,27,30)/t21-,25-/m0/s1. The normalized spacial score (nSPS) is 22.6. The molecule has 0 aromatic heterocycles. The van der Waals surface area contributed by atoms with Gasteiger partial charge in [0, 0.05) is 6.04 Å². The first kappa shape index (κ1) is 22.0. The fourth-order valence-corrected chi connectivity index (χ4v) is 4.68. The lowest BCUT2D eigenvalue weighted by Gasteiger charge is -2.33.